The molecule has 0 bridgehead atoms. The van der Waals surface area contributed by atoms with Crippen LogP contribution >= 0.6 is 13.5 Å². The fourth-order valence-corrected chi connectivity index (χ4v) is 6.33. The molecule has 0 aliphatic carbocycles. The van der Waals surface area contributed by atoms with Gasteiger partial charge < -0.3 is 19.4 Å². The number of aromatic amines is 1. The number of fused-ring (bicyclic) bond motifs is 2. The van der Waals surface area contributed by atoms with Gasteiger partial charge in [0.25, 0.3) is 11.8 Å². The average molecular weight is 619 g/mol. The largest absolute Gasteiger partial charge is 0.462 e. The molecule has 1 N–H and O–H groups in total. The highest BCUT2D eigenvalue weighted by molar-refractivity contribution is 7.59. The normalized spacial score (nSPS) is 20.2. The van der Waals surface area contributed by atoms with Gasteiger partial charge in [0.15, 0.2) is 5.83 Å². The van der Waals surface area contributed by atoms with Gasteiger partial charge >= 0.3 is 6.01 Å². The molecule has 232 valence electrons. The van der Waals surface area contributed by atoms with Crippen molar-refractivity contribution in [3.8, 4) is 6.01 Å². The Morgan fingerprint density at radius 1 is 1.16 bits per heavy atom. The number of rotatable bonds is 6. The molecule has 14 heteroatoms. The first kappa shape index (κ1) is 30.9. The van der Waals surface area contributed by atoms with E-state index in [4.69, 9.17) is 14.7 Å². The lowest BCUT2D eigenvalue weighted by atomic mass is 9.99. The first-order chi connectivity index (χ1) is 20.0. The second-order valence-corrected chi connectivity index (χ2v) is 11.5. The lowest BCUT2D eigenvalue weighted by Gasteiger charge is -2.38. The maximum atomic E-state index is 14.0. The van der Waals surface area contributed by atoms with Crippen molar-refractivity contribution in [2.45, 2.75) is 45.2 Å². The van der Waals surface area contributed by atoms with Crippen molar-refractivity contribution < 1.29 is 22.7 Å². The zero-order chi connectivity index (χ0) is 29.8. The number of hydrogen-bond donors (Lipinski definition) is 1. The predicted octanol–water partition coefficient (Wildman–Crippen LogP) is 3.50. The van der Waals surface area contributed by atoms with Crippen LogP contribution in [-0.4, -0.2) is 101 Å². The molecule has 43 heavy (non-hydrogen) atoms. The van der Waals surface area contributed by atoms with Crippen LogP contribution in [0.4, 0.5) is 24.7 Å². The molecule has 3 aliphatic rings. The minimum atomic E-state index is -2.75. The molecule has 1 amide bonds. The second-order valence-electron chi connectivity index (χ2n) is 11.5. The lowest BCUT2D eigenvalue weighted by molar-refractivity contribution is -0.128. The van der Waals surface area contributed by atoms with Gasteiger partial charge in [-0.2, -0.15) is 28.6 Å². The van der Waals surface area contributed by atoms with Crippen LogP contribution in [0, 0.1) is 13.8 Å². The van der Waals surface area contributed by atoms with Gasteiger partial charge in [-0.15, -0.1) is 0 Å². The number of anilines is 2. The summed E-state index contributed by atoms with van der Waals surface area (Å²) >= 11 is 0. The van der Waals surface area contributed by atoms with Crippen molar-refractivity contribution >= 4 is 41.8 Å². The van der Waals surface area contributed by atoms with E-state index in [1.54, 1.807) is 11.9 Å². The summed E-state index contributed by atoms with van der Waals surface area (Å²) in [6.07, 6.45) is 2.24. The Labute approximate surface area is 255 Å². The Kier molecular flexibility index (Phi) is 8.54. The molecule has 0 unspecified atom stereocenters. The molecule has 10 nitrogen and oxygen atoms in total. The molecule has 1 aromatic carbocycles. The van der Waals surface area contributed by atoms with Crippen molar-refractivity contribution in [2.24, 2.45) is 0 Å². The number of carbonyl (C=O) groups is 1. The molecular formula is C29H37F3N8O2S. The predicted molar refractivity (Wildman–Crippen MR) is 163 cm³/mol. The summed E-state index contributed by atoms with van der Waals surface area (Å²) in [7, 11) is 1.67. The molecule has 6 rings (SSSR count). The molecule has 2 aromatic heterocycles. The third-order valence-electron chi connectivity index (χ3n) is 8.71. The van der Waals surface area contributed by atoms with Gasteiger partial charge in [-0.25, -0.2) is 13.2 Å². The number of likely N-dealkylation sites (N-methyl/N-ethyl adjacent to an activating group) is 1. The Morgan fingerprint density at radius 2 is 1.91 bits per heavy atom. The van der Waals surface area contributed by atoms with Crippen molar-refractivity contribution in [3.05, 3.63) is 47.1 Å². The molecule has 5 heterocycles. The Balaban J connectivity index is 0.00000368. The highest BCUT2D eigenvalue weighted by Crippen LogP contribution is 2.37. The van der Waals surface area contributed by atoms with E-state index in [0.717, 1.165) is 40.0 Å². The van der Waals surface area contributed by atoms with Crippen LogP contribution < -0.4 is 14.5 Å². The van der Waals surface area contributed by atoms with E-state index in [2.05, 4.69) is 46.5 Å². The Bertz CT molecular complexity index is 1540. The van der Waals surface area contributed by atoms with Gasteiger partial charge in [0.1, 0.15) is 12.4 Å². The summed E-state index contributed by atoms with van der Waals surface area (Å²) in [4.78, 5) is 29.1. The fraction of sp³-hybridized carbons (Fsp3) is 0.517. The Hall–Kier alpha value is -3.52. The number of nitrogens with zero attached hydrogens (tertiary/aromatic N) is 7. The quantitative estimate of drug-likeness (QED) is 0.420. The van der Waals surface area contributed by atoms with Crippen LogP contribution in [-0.2, 0) is 17.8 Å². The minimum absolute atomic E-state index is 0. The number of alkyl halides is 2. The number of aryl methyl sites for hydroxylation is 1. The molecule has 0 saturated carbocycles. The number of halogens is 3. The number of benzene rings is 1. The van der Waals surface area contributed by atoms with Crippen molar-refractivity contribution in [2.75, 3.05) is 62.7 Å². The van der Waals surface area contributed by atoms with Crippen LogP contribution in [0.5, 0.6) is 6.01 Å². The van der Waals surface area contributed by atoms with E-state index >= 15 is 0 Å². The van der Waals surface area contributed by atoms with E-state index < -0.39 is 23.7 Å². The molecule has 3 aromatic rings. The van der Waals surface area contributed by atoms with Gasteiger partial charge in [-0.3, -0.25) is 14.8 Å². The van der Waals surface area contributed by atoms with Crippen LogP contribution in [0.1, 0.15) is 28.8 Å². The smallest absolute Gasteiger partial charge is 0.318 e. The van der Waals surface area contributed by atoms with Gasteiger partial charge in [0.05, 0.1) is 36.2 Å². The third-order valence-corrected chi connectivity index (χ3v) is 8.71. The summed E-state index contributed by atoms with van der Waals surface area (Å²) in [5.74, 6) is -3.72. The van der Waals surface area contributed by atoms with Crippen molar-refractivity contribution in [1.82, 2.24) is 30.0 Å². The van der Waals surface area contributed by atoms with Gasteiger partial charge in [0, 0.05) is 56.1 Å². The van der Waals surface area contributed by atoms with Gasteiger partial charge in [-0.1, -0.05) is 6.58 Å². The van der Waals surface area contributed by atoms with E-state index in [1.165, 1.54) is 10.5 Å². The number of piperazine rings is 1. The molecule has 1 atom stereocenters. The standard InChI is InChI=1S/C29H35F3N8O2.H2S/c1-17-11-23-22(13-33-36-23)25(18(17)2)40-6-5-21-24(14-40)34-28(42-15-20-12-29(31,32)16-37(20)4)35-26(21)38-7-9-39(10-8-38)27(41)19(3)30;/h11,13,20H,3,5-10,12,14-16H2,1-2,4H3,(H,33,36);1H2/t20-;/m0./s1. The molecule has 2 saturated heterocycles. The molecule has 0 spiro atoms. The summed E-state index contributed by atoms with van der Waals surface area (Å²) in [6, 6.07) is 1.78. The van der Waals surface area contributed by atoms with Crippen LogP contribution in [0.2, 0.25) is 0 Å². The molecule has 3 aliphatic heterocycles. The summed E-state index contributed by atoms with van der Waals surface area (Å²) in [5, 5.41) is 8.37. The number of aromatic nitrogens is 4. The van der Waals surface area contributed by atoms with E-state index in [1.807, 2.05) is 6.20 Å². The van der Waals surface area contributed by atoms with Crippen molar-refractivity contribution in [3.63, 3.8) is 0 Å². The summed E-state index contributed by atoms with van der Waals surface area (Å²) in [5.41, 5.74) is 6.18. The molecule has 0 radical (unpaired) electrons. The summed E-state index contributed by atoms with van der Waals surface area (Å²) < 4.78 is 47.5. The molecule has 2 fully saturated rings. The summed E-state index contributed by atoms with van der Waals surface area (Å²) in [6.45, 7) is 9.85. The topological polar surface area (TPSA) is 93.7 Å². The number of carbonyl (C=O) groups excluding carboxylic acids is 1. The van der Waals surface area contributed by atoms with E-state index in [9.17, 15) is 18.0 Å². The first-order valence-electron chi connectivity index (χ1n) is 14.2. The minimum Gasteiger partial charge on any atom is -0.462 e. The zero-order valence-corrected chi connectivity index (χ0v) is 25.6. The van der Waals surface area contributed by atoms with Crippen LogP contribution in [0.3, 0.4) is 0 Å². The Morgan fingerprint density at radius 3 is 2.58 bits per heavy atom. The number of H-pyrrole nitrogens is 1. The van der Waals surface area contributed by atoms with E-state index in [-0.39, 0.29) is 39.1 Å². The maximum Gasteiger partial charge on any atom is 0.318 e. The number of likely N-dealkylation sites (tertiary alicyclic amines) is 1. The fourth-order valence-electron chi connectivity index (χ4n) is 6.33. The van der Waals surface area contributed by atoms with Crippen LogP contribution in [0.15, 0.2) is 24.7 Å². The zero-order valence-electron chi connectivity index (χ0n) is 24.6. The monoisotopic (exact) mass is 618 g/mol. The third kappa shape index (κ3) is 5.99. The highest BCUT2D eigenvalue weighted by Gasteiger charge is 2.43. The van der Waals surface area contributed by atoms with Gasteiger partial charge in [0.2, 0.25) is 0 Å². The highest BCUT2D eigenvalue weighted by atomic mass is 32.1. The number of hydrogen-bond acceptors (Lipinski definition) is 8. The lowest BCUT2D eigenvalue weighted by Crippen LogP contribution is -2.49. The number of nitrogens with one attached hydrogen (secondary N) is 1. The second kappa shape index (κ2) is 11.9. The number of ether oxygens (including phenoxy) is 1. The van der Waals surface area contributed by atoms with Crippen LogP contribution in [0.25, 0.3) is 10.9 Å². The SMILES string of the molecule is C=C(F)C(=O)N1CCN(c2nc(OC[C@@H]3CC(F)(F)CN3C)nc3c2CCN(c2c(C)c(C)cc4[nH]ncc24)C3)CC1.S. The van der Waals surface area contributed by atoms with Gasteiger partial charge in [-0.05, 0) is 44.5 Å². The maximum absolute atomic E-state index is 14.0. The molecular weight excluding hydrogens is 581 g/mol. The average Bonchev–Trinajstić information content (AvgIpc) is 3.52. The van der Waals surface area contributed by atoms with E-state index in [0.29, 0.717) is 45.0 Å². The first-order valence-corrected chi connectivity index (χ1v) is 14.2. The number of amides is 1. The van der Waals surface area contributed by atoms with Crippen molar-refractivity contribution in [1.29, 1.82) is 0 Å².